The second-order valence-electron chi connectivity index (χ2n) is 5.67. The zero-order valence-electron chi connectivity index (χ0n) is 14.1. The van der Waals surface area contributed by atoms with Crippen LogP contribution in [-0.2, 0) is 14.3 Å². The molecule has 1 aromatic carbocycles. The van der Waals surface area contributed by atoms with Crippen LogP contribution in [0, 0.1) is 5.92 Å². The van der Waals surface area contributed by atoms with Crippen molar-refractivity contribution in [3.8, 4) is 5.75 Å². The van der Waals surface area contributed by atoms with E-state index in [0.717, 1.165) is 11.3 Å². The van der Waals surface area contributed by atoms with E-state index in [9.17, 15) is 9.90 Å². The van der Waals surface area contributed by atoms with Gasteiger partial charge < -0.3 is 25.1 Å². The Labute approximate surface area is 142 Å². The Kier molecular flexibility index (Phi) is 6.63. The molecule has 24 heavy (non-hydrogen) atoms. The van der Waals surface area contributed by atoms with Crippen LogP contribution in [0.25, 0.3) is 0 Å². The number of aliphatic hydroxyl groups excluding tert-OH is 1. The lowest BCUT2D eigenvalue weighted by Crippen LogP contribution is -2.37. The maximum Gasteiger partial charge on any atom is 0.283 e. The minimum absolute atomic E-state index is 0.0198. The summed E-state index contributed by atoms with van der Waals surface area (Å²) in [7, 11) is 1.61. The fraction of sp³-hybridized carbons (Fsp3) is 0.500. The van der Waals surface area contributed by atoms with Gasteiger partial charge in [-0.05, 0) is 43.5 Å². The normalized spacial score (nSPS) is 23.3. The van der Waals surface area contributed by atoms with Gasteiger partial charge in [-0.1, -0.05) is 12.1 Å². The molecule has 1 aromatic rings. The van der Waals surface area contributed by atoms with Crippen molar-refractivity contribution in [2.24, 2.45) is 11.7 Å². The van der Waals surface area contributed by atoms with Crippen molar-refractivity contribution < 1.29 is 24.1 Å². The zero-order chi connectivity index (χ0) is 17.5. The first-order chi connectivity index (χ1) is 11.6. The summed E-state index contributed by atoms with van der Waals surface area (Å²) in [6.07, 6.45) is 2.52. The van der Waals surface area contributed by atoms with Gasteiger partial charge in [-0.3, -0.25) is 4.79 Å². The quantitative estimate of drug-likeness (QED) is 0.757. The van der Waals surface area contributed by atoms with Gasteiger partial charge in [0, 0.05) is 25.0 Å². The van der Waals surface area contributed by atoms with E-state index < -0.39 is 12.2 Å². The molecule has 0 saturated heterocycles. The van der Waals surface area contributed by atoms with E-state index in [1.54, 1.807) is 13.2 Å². The second kappa shape index (κ2) is 8.70. The Balaban J connectivity index is 2.37. The summed E-state index contributed by atoms with van der Waals surface area (Å²) in [5.74, 6) is 0.162. The molecule has 1 aliphatic heterocycles. The minimum atomic E-state index is -0.612. The van der Waals surface area contributed by atoms with Crippen molar-refractivity contribution in [1.29, 1.82) is 0 Å². The molecule has 0 fully saturated rings. The van der Waals surface area contributed by atoms with Gasteiger partial charge >= 0.3 is 0 Å². The Morgan fingerprint density at radius 2 is 2.04 bits per heavy atom. The Bertz CT molecular complexity index is 569. The molecule has 0 unspecified atom stereocenters. The second-order valence-corrected chi connectivity index (χ2v) is 5.67. The SMILES string of the molecule is CCO[C@@H]1OC(C(N)=O)=C[C@H](c2ccc(OC)cc2)[C@@H]1CCCO. The summed E-state index contributed by atoms with van der Waals surface area (Å²) >= 11 is 0. The molecule has 0 spiro atoms. The van der Waals surface area contributed by atoms with Crippen molar-refractivity contribution in [1.82, 2.24) is 0 Å². The molecular formula is C18H25NO5. The number of methoxy groups -OCH3 is 1. The highest BCUT2D eigenvalue weighted by atomic mass is 16.7. The first-order valence-corrected chi connectivity index (χ1v) is 8.15. The van der Waals surface area contributed by atoms with E-state index in [4.69, 9.17) is 19.9 Å². The molecule has 6 heteroatoms. The molecule has 3 atom stereocenters. The number of aliphatic hydroxyl groups is 1. The molecule has 0 bridgehead atoms. The summed E-state index contributed by atoms with van der Waals surface area (Å²) in [5, 5.41) is 9.19. The Morgan fingerprint density at radius 3 is 2.58 bits per heavy atom. The number of carbonyl (C=O) groups is 1. The molecule has 0 aliphatic carbocycles. The van der Waals surface area contributed by atoms with Gasteiger partial charge in [-0.25, -0.2) is 0 Å². The number of hydrogen-bond donors (Lipinski definition) is 2. The topological polar surface area (TPSA) is 91.0 Å². The Hall–Kier alpha value is -2.05. The molecule has 6 nitrogen and oxygen atoms in total. The highest BCUT2D eigenvalue weighted by molar-refractivity contribution is 5.90. The fourth-order valence-corrected chi connectivity index (χ4v) is 2.98. The number of ether oxygens (including phenoxy) is 3. The van der Waals surface area contributed by atoms with Crippen molar-refractivity contribution in [2.45, 2.75) is 32.0 Å². The number of rotatable bonds is 8. The van der Waals surface area contributed by atoms with E-state index >= 15 is 0 Å². The third-order valence-electron chi connectivity index (χ3n) is 4.15. The molecular weight excluding hydrogens is 310 g/mol. The number of benzene rings is 1. The zero-order valence-corrected chi connectivity index (χ0v) is 14.1. The van der Waals surface area contributed by atoms with Gasteiger partial charge in [0.25, 0.3) is 5.91 Å². The summed E-state index contributed by atoms with van der Waals surface area (Å²) in [5.41, 5.74) is 6.43. The molecule has 132 valence electrons. The van der Waals surface area contributed by atoms with Crippen molar-refractivity contribution in [3.05, 3.63) is 41.7 Å². The molecule has 1 amide bonds. The number of primary amides is 1. The van der Waals surface area contributed by atoms with Crippen molar-refractivity contribution >= 4 is 5.91 Å². The highest BCUT2D eigenvalue weighted by Crippen LogP contribution is 2.39. The van der Waals surface area contributed by atoms with E-state index in [1.165, 1.54) is 0 Å². The van der Waals surface area contributed by atoms with Gasteiger partial charge in [-0.2, -0.15) is 0 Å². The molecule has 1 heterocycles. The van der Waals surface area contributed by atoms with Crippen LogP contribution in [0.1, 0.15) is 31.2 Å². The highest BCUT2D eigenvalue weighted by Gasteiger charge is 2.37. The van der Waals surface area contributed by atoms with Crippen LogP contribution in [0.5, 0.6) is 5.75 Å². The lowest BCUT2D eigenvalue weighted by atomic mass is 9.80. The minimum Gasteiger partial charge on any atom is -0.497 e. The van der Waals surface area contributed by atoms with Crippen LogP contribution in [0.2, 0.25) is 0 Å². The van der Waals surface area contributed by atoms with E-state index in [-0.39, 0.29) is 24.2 Å². The third kappa shape index (κ3) is 4.27. The summed E-state index contributed by atoms with van der Waals surface area (Å²) in [4.78, 5) is 11.6. The molecule has 2 rings (SSSR count). The number of hydrogen-bond acceptors (Lipinski definition) is 5. The average Bonchev–Trinajstić information content (AvgIpc) is 2.60. The Morgan fingerprint density at radius 1 is 1.33 bits per heavy atom. The monoisotopic (exact) mass is 335 g/mol. The lowest BCUT2D eigenvalue weighted by Gasteiger charge is -2.36. The van der Waals surface area contributed by atoms with Crippen LogP contribution in [-0.4, -0.2) is 37.6 Å². The molecule has 1 aliphatic rings. The van der Waals surface area contributed by atoms with Crippen LogP contribution in [0.15, 0.2) is 36.1 Å². The number of carbonyl (C=O) groups excluding carboxylic acids is 1. The van der Waals surface area contributed by atoms with Crippen molar-refractivity contribution in [2.75, 3.05) is 20.3 Å². The van der Waals surface area contributed by atoms with Gasteiger partial charge in [0.05, 0.1) is 7.11 Å². The molecule has 3 N–H and O–H groups in total. The van der Waals surface area contributed by atoms with E-state index in [1.807, 2.05) is 31.2 Å². The van der Waals surface area contributed by atoms with E-state index in [2.05, 4.69) is 0 Å². The average molecular weight is 335 g/mol. The van der Waals surface area contributed by atoms with Gasteiger partial charge in [-0.15, -0.1) is 0 Å². The summed E-state index contributed by atoms with van der Waals surface area (Å²) in [6, 6.07) is 7.67. The number of nitrogens with two attached hydrogens (primary N) is 1. The molecule has 0 saturated carbocycles. The van der Waals surface area contributed by atoms with Gasteiger partial charge in [0.2, 0.25) is 6.29 Å². The maximum absolute atomic E-state index is 11.6. The predicted molar refractivity (Wildman–Crippen MR) is 89.3 cm³/mol. The van der Waals surface area contributed by atoms with Gasteiger partial charge in [0.1, 0.15) is 5.75 Å². The first-order valence-electron chi connectivity index (χ1n) is 8.15. The van der Waals surface area contributed by atoms with Crippen molar-refractivity contribution in [3.63, 3.8) is 0 Å². The fourth-order valence-electron chi connectivity index (χ4n) is 2.98. The third-order valence-corrected chi connectivity index (χ3v) is 4.15. The standard InChI is InChI=1S/C18H25NO5/c1-3-23-18-14(5-4-10-20)15(11-16(24-18)17(19)21)12-6-8-13(22-2)9-7-12/h6-9,11,14-15,18,20H,3-5,10H2,1-2H3,(H2,19,21)/t14-,15+,18+/m0/s1. The van der Waals surface area contributed by atoms with Crippen LogP contribution in [0.4, 0.5) is 0 Å². The predicted octanol–water partition coefficient (Wildman–Crippen LogP) is 1.93. The summed E-state index contributed by atoms with van der Waals surface area (Å²) in [6.45, 7) is 2.43. The number of allylic oxidation sites excluding steroid dienone is 1. The number of amides is 1. The van der Waals surface area contributed by atoms with Crippen LogP contribution in [0.3, 0.4) is 0 Å². The summed E-state index contributed by atoms with van der Waals surface area (Å²) < 4.78 is 16.5. The first kappa shape index (κ1) is 18.3. The van der Waals surface area contributed by atoms with E-state index in [0.29, 0.717) is 19.4 Å². The van der Waals surface area contributed by atoms with Crippen LogP contribution >= 0.6 is 0 Å². The largest absolute Gasteiger partial charge is 0.497 e. The molecule has 0 aromatic heterocycles. The smallest absolute Gasteiger partial charge is 0.283 e. The lowest BCUT2D eigenvalue weighted by molar-refractivity contribution is -0.165. The van der Waals surface area contributed by atoms with Crippen LogP contribution < -0.4 is 10.5 Å². The molecule has 0 radical (unpaired) electrons. The maximum atomic E-state index is 11.6. The van der Waals surface area contributed by atoms with Gasteiger partial charge in [0.15, 0.2) is 5.76 Å².